The SMILES string of the molecule is COc1ccccc1NC(=O)/C=C/c1ccc2c(c1)CCO2. The molecular weight excluding hydrogens is 278 g/mol. The summed E-state index contributed by atoms with van der Waals surface area (Å²) >= 11 is 0. The quantitative estimate of drug-likeness (QED) is 0.881. The van der Waals surface area contributed by atoms with Crippen LogP contribution in [0.25, 0.3) is 6.08 Å². The van der Waals surface area contributed by atoms with Gasteiger partial charge in [-0.2, -0.15) is 0 Å². The molecule has 4 heteroatoms. The third-order valence-electron chi connectivity index (χ3n) is 3.51. The highest BCUT2D eigenvalue weighted by Crippen LogP contribution is 2.26. The average Bonchev–Trinajstić information content (AvgIpc) is 3.01. The Morgan fingerprint density at radius 2 is 2.14 bits per heavy atom. The molecule has 1 heterocycles. The highest BCUT2D eigenvalue weighted by molar-refractivity contribution is 6.02. The van der Waals surface area contributed by atoms with Crippen molar-refractivity contribution in [1.29, 1.82) is 0 Å². The zero-order valence-corrected chi connectivity index (χ0v) is 12.3. The lowest BCUT2D eigenvalue weighted by Gasteiger charge is -2.07. The molecule has 0 fully saturated rings. The van der Waals surface area contributed by atoms with Crippen molar-refractivity contribution in [2.24, 2.45) is 0 Å². The molecule has 1 aliphatic rings. The number of anilines is 1. The van der Waals surface area contributed by atoms with Crippen LogP contribution in [0.4, 0.5) is 5.69 Å². The summed E-state index contributed by atoms with van der Waals surface area (Å²) in [6, 6.07) is 13.3. The number of amides is 1. The molecule has 1 amide bonds. The predicted molar refractivity (Wildman–Crippen MR) is 86.3 cm³/mol. The van der Waals surface area contributed by atoms with Gasteiger partial charge in [0.25, 0.3) is 0 Å². The number of carbonyl (C=O) groups is 1. The molecule has 1 N–H and O–H groups in total. The molecule has 22 heavy (non-hydrogen) atoms. The second kappa shape index (κ2) is 6.35. The monoisotopic (exact) mass is 295 g/mol. The molecule has 4 nitrogen and oxygen atoms in total. The molecule has 0 aliphatic carbocycles. The smallest absolute Gasteiger partial charge is 0.248 e. The first kappa shape index (κ1) is 14.2. The highest BCUT2D eigenvalue weighted by atomic mass is 16.5. The lowest BCUT2D eigenvalue weighted by molar-refractivity contribution is -0.111. The number of fused-ring (bicyclic) bond motifs is 1. The largest absolute Gasteiger partial charge is 0.495 e. The molecule has 0 spiro atoms. The van der Waals surface area contributed by atoms with Crippen LogP contribution in [0.3, 0.4) is 0 Å². The maximum atomic E-state index is 12.0. The summed E-state index contributed by atoms with van der Waals surface area (Å²) in [7, 11) is 1.58. The Bertz CT molecular complexity index is 722. The number of ether oxygens (including phenoxy) is 2. The Hall–Kier alpha value is -2.75. The summed E-state index contributed by atoms with van der Waals surface area (Å²) in [6.45, 7) is 0.733. The van der Waals surface area contributed by atoms with E-state index in [1.807, 2.05) is 24.3 Å². The first-order valence-corrected chi connectivity index (χ1v) is 7.14. The number of para-hydroxylation sites is 2. The lowest BCUT2D eigenvalue weighted by Crippen LogP contribution is -2.08. The van der Waals surface area contributed by atoms with Crippen molar-refractivity contribution in [3.63, 3.8) is 0 Å². The van der Waals surface area contributed by atoms with E-state index in [9.17, 15) is 4.79 Å². The van der Waals surface area contributed by atoms with Gasteiger partial charge in [-0.3, -0.25) is 4.79 Å². The number of carbonyl (C=O) groups excluding carboxylic acids is 1. The van der Waals surface area contributed by atoms with E-state index < -0.39 is 0 Å². The van der Waals surface area contributed by atoms with Gasteiger partial charge >= 0.3 is 0 Å². The molecule has 0 atom stereocenters. The molecule has 0 unspecified atom stereocenters. The molecular formula is C18H17NO3. The fourth-order valence-corrected chi connectivity index (χ4v) is 2.40. The van der Waals surface area contributed by atoms with Crippen LogP contribution in [0.2, 0.25) is 0 Å². The van der Waals surface area contributed by atoms with Gasteiger partial charge in [0.1, 0.15) is 11.5 Å². The van der Waals surface area contributed by atoms with E-state index in [0.717, 1.165) is 24.3 Å². The topological polar surface area (TPSA) is 47.6 Å². The van der Waals surface area contributed by atoms with E-state index in [0.29, 0.717) is 11.4 Å². The van der Waals surface area contributed by atoms with E-state index in [-0.39, 0.29) is 5.91 Å². The van der Waals surface area contributed by atoms with E-state index in [4.69, 9.17) is 9.47 Å². The lowest BCUT2D eigenvalue weighted by atomic mass is 10.1. The van der Waals surface area contributed by atoms with Crippen LogP contribution < -0.4 is 14.8 Å². The van der Waals surface area contributed by atoms with Crippen LogP contribution in [-0.2, 0) is 11.2 Å². The van der Waals surface area contributed by atoms with Crippen molar-refractivity contribution in [1.82, 2.24) is 0 Å². The third kappa shape index (κ3) is 3.11. The molecule has 3 rings (SSSR count). The summed E-state index contributed by atoms with van der Waals surface area (Å²) in [5.41, 5.74) is 2.83. The van der Waals surface area contributed by atoms with Gasteiger partial charge in [0.05, 0.1) is 19.4 Å². The first-order chi connectivity index (χ1) is 10.8. The van der Waals surface area contributed by atoms with Crippen LogP contribution in [0.5, 0.6) is 11.5 Å². The summed E-state index contributed by atoms with van der Waals surface area (Å²) < 4.78 is 10.7. The summed E-state index contributed by atoms with van der Waals surface area (Å²) in [5, 5.41) is 2.81. The number of methoxy groups -OCH3 is 1. The van der Waals surface area contributed by atoms with Crippen molar-refractivity contribution >= 4 is 17.7 Å². The maximum Gasteiger partial charge on any atom is 0.248 e. The van der Waals surface area contributed by atoms with Crippen LogP contribution in [0, 0.1) is 0 Å². The van der Waals surface area contributed by atoms with Gasteiger partial charge in [-0.25, -0.2) is 0 Å². The van der Waals surface area contributed by atoms with Gasteiger partial charge in [-0.05, 0) is 41.5 Å². The molecule has 112 valence electrons. The van der Waals surface area contributed by atoms with Gasteiger partial charge in [-0.1, -0.05) is 18.2 Å². The standard InChI is InChI=1S/C18H17NO3/c1-21-17-5-3-2-4-15(17)19-18(20)9-7-13-6-8-16-14(12-13)10-11-22-16/h2-9,12H,10-11H2,1H3,(H,19,20)/b9-7+. The van der Waals surface area contributed by atoms with Crippen LogP contribution in [-0.4, -0.2) is 19.6 Å². The Kier molecular flexibility index (Phi) is 4.10. The second-order valence-electron chi connectivity index (χ2n) is 4.99. The fourth-order valence-electron chi connectivity index (χ4n) is 2.40. The Morgan fingerprint density at radius 1 is 1.27 bits per heavy atom. The maximum absolute atomic E-state index is 12.0. The molecule has 1 aliphatic heterocycles. The van der Waals surface area contributed by atoms with E-state index >= 15 is 0 Å². The normalized spacial score (nSPS) is 12.8. The predicted octanol–water partition coefficient (Wildman–Crippen LogP) is 3.28. The summed E-state index contributed by atoms with van der Waals surface area (Å²) in [6.07, 6.45) is 4.23. The number of nitrogens with one attached hydrogen (secondary N) is 1. The van der Waals surface area contributed by atoms with Crippen molar-refractivity contribution in [2.75, 3.05) is 19.0 Å². The third-order valence-corrected chi connectivity index (χ3v) is 3.51. The molecule has 0 saturated carbocycles. The summed E-state index contributed by atoms with van der Waals surface area (Å²) in [4.78, 5) is 12.0. The van der Waals surface area contributed by atoms with Gasteiger partial charge < -0.3 is 14.8 Å². The number of hydrogen-bond acceptors (Lipinski definition) is 3. The minimum Gasteiger partial charge on any atom is -0.495 e. The van der Waals surface area contributed by atoms with Crippen molar-refractivity contribution < 1.29 is 14.3 Å². The van der Waals surface area contributed by atoms with E-state index in [2.05, 4.69) is 11.4 Å². The number of rotatable bonds is 4. The van der Waals surface area contributed by atoms with Crippen LogP contribution >= 0.6 is 0 Å². The minimum absolute atomic E-state index is 0.193. The molecule has 0 bridgehead atoms. The minimum atomic E-state index is -0.193. The number of benzene rings is 2. The second-order valence-corrected chi connectivity index (χ2v) is 4.99. The number of hydrogen-bond donors (Lipinski definition) is 1. The van der Waals surface area contributed by atoms with E-state index in [1.54, 1.807) is 25.3 Å². The fraction of sp³-hybridized carbons (Fsp3) is 0.167. The van der Waals surface area contributed by atoms with Crippen molar-refractivity contribution in [3.05, 3.63) is 59.7 Å². The molecule has 0 aromatic heterocycles. The van der Waals surface area contributed by atoms with Crippen molar-refractivity contribution in [2.45, 2.75) is 6.42 Å². The van der Waals surface area contributed by atoms with Crippen molar-refractivity contribution in [3.8, 4) is 11.5 Å². The Labute approximate surface area is 129 Å². The Balaban J connectivity index is 1.69. The first-order valence-electron chi connectivity index (χ1n) is 7.14. The summed E-state index contributed by atoms with van der Waals surface area (Å²) in [5.74, 6) is 1.39. The Morgan fingerprint density at radius 3 is 3.00 bits per heavy atom. The van der Waals surface area contributed by atoms with Gasteiger partial charge in [0.2, 0.25) is 5.91 Å². The highest BCUT2D eigenvalue weighted by Gasteiger charge is 2.11. The van der Waals surface area contributed by atoms with Crippen LogP contribution in [0.15, 0.2) is 48.5 Å². The van der Waals surface area contributed by atoms with Gasteiger partial charge in [0, 0.05) is 12.5 Å². The molecule has 2 aromatic carbocycles. The molecule has 0 saturated heterocycles. The van der Waals surface area contributed by atoms with Gasteiger partial charge in [0.15, 0.2) is 0 Å². The van der Waals surface area contributed by atoms with Crippen LogP contribution in [0.1, 0.15) is 11.1 Å². The molecule has 2 aromatic rings. The zero-order valence-electron chi connectivity index (χ0n) is 12.3. The average molecular weight is 295 g/mol. The molecule has 0 radical (unpaired) electrons. The zero-order chi connectivity index (χ0) is 15.4. The van der Waals surface area contributed by atoms with E-state index in [1.165, 1.54) is 11.6 Å². The van der Waals surface area contributed by atoms with Gasteiger partial charge in [-0.15, -0.1) is 0 Å².